The Morgan fingerprint density at radius 3 is 1.29 bits per heavy atom. The molecule has 42 valence electrons. The van der Waals surface area contributed by atoms with Gasteiger partial charge in [0.25, 0.3) is 0 Å². The van der Waals surface area contributed by atoms with Crippen LogP contribution in [0.2, 0.25) is 0 Å². The van der Waals surface area contributed by atoms with Crippen molar-refractivity contribution >= 4 is 0 Å². The van der Waals surface area contributed by atoms with E-state index >= 15 is 0 Å². The summed E-state index contributed by atoms with van der Waals surface area (Å²) < 4.78 is 0. The first-order valence-corrected chi connectivity index (χ1v) is 2.61. The van der Waals surface area contributed by atoms with Gasteiger partial charge in [0.15, 0.2) is 0 Å². The van der Waals surface area contributed by atoms with Crippen molar-refractivity contribution in [3.05, 3.63) is 0 Å². The predicted octanol–water partition coefficient (Wildman–Crippen LogP) is 2.23. The third-order valence-corrected chi connectivity index (χ3v) is 0.707. The molecule has 0 atom stereocenters. The maximum Gasteiger partial charge on any atom is 0 e. The van der Waals surface area contributed by atoms with Crippen LogP contribution in [0.15, 0.2) is 0 Å². The molecule has 0 rings (SSSR count). The smallest absolute Gasteiger partial charge is 0 e. The van der Waals surface area contributed by atoms with Crippen LogP contribution in [-0.2, 0) is 0 Å². The van der Waals surface area contributed by atoms with E-state index in [2.05, 4.69) is 13.8 Å². The van der Waals surface area contributed by atoms with E-state index in [1.807, 2.05) is 0 Å². The summed E-state index contributed by atoms with van der Waals surface area (Å²) in [7, 11) is 0. The largest absolute Gasteiger partial charge is 0.0654 e. The highest BCUT2D eigenvalue weighted by Crippen LogP contribution is 1.88. The van der Waals surface area contributed by atoms with Gasteiger partial charge >= 0.3 is 0 Å². The lowest BCUT2D eigenvalue weighted by molar-refractivity contribution is 0.772. The lowest BCUT2D eigenvalue weighted by atomic mass is 10.3. The standard InChI is InChI=1S/C5H12.N2/c1-3-5-4-2;1-2/h3-5H2,1-2H3;. The molecule has 0 bridgehead atoms. The van der Waals surface area contributed by atoms with Gasteiger partial charge in [0.1, 0.15) is 0 Å². The summed E-state index contributed by atoms with van der Waals surface area (Å²) in [5, 5.41) is 12.0. The lowest BCUT2D eigenvalue weighted by Crippen LogP contribution is -1.59. The van der Waals surface area contributed by atoms with Crippen molar-refractivity contribution in [1.29, 1.82) is 10.8 Å². The van der Waals surface area contributed by atoms with Crippen molar-refractivity contribution in [3.8, 4) is 0 Å². The molecule has 0 spiro atoms. The van der Waals surface area contributed by atoms with Crippen LogP contribution in [0, 0.1) is 10.8 Å². The van der Waals surface area contributed by atoms with Gasteiger partial charge in [0, 0.05) is 10.8 Å². The average molecular weight is 100 g/mol. The highest BCUT2D eigenvalue weighted by Gasteiger charge is 1.68. The molecule has 7 heavy (non-hydrogen) atoms. The van der Waals surface area contributed by atoms with Gasteiger partial charge in [-0.2, -0.15) is 0 Å². The molecule has 0 aromatic carbocycles. The van der Waals surface area contributed by atoms with Crippen molar-refractivity contribution in [2.75, 3.05) is 0 Å². The summed E-state index contributed by atoms with van der Waals surface area (Å²) in [6, 6.07) is 0. The number of nitrogens with zero attached hydrogens (tertiary/aromatic N) is 2. The molecule has 0 saturated heterocycles. The maximum absolute atomic E-state index is 6.00. The first-order valence-electron chi connectivity index (χ1n) is 2.61. The Morgan fingerprint density at radius 2 is 1.29 bits per heavy atom. The van der Waals surface area contributed by atoms with Gasteiger partial charge in [-0.25, -0.2) is 0 Å². The Hall–Kier alpha value is -0.580. The Bertz CT molecular complexity index is 30.3. The Kier molecular flexibility index (Phi) is 24.9. The van der Waals surface area contributed by atoms with E-state index in [-0.39, 0.29) is 0 Å². The highest BCUT2D eigenvalue weighted by molar-refractivity contribution is 4.24. The Balaban J connectivity index is 0. The molecule has 0 aliphatic heterocycles. The Labute approximate surface area is 45.0 Å². The van der Waals surface area contributed by atoms with Gasteiger partial charge in [-0.05, 0) is 0 Å². The minimum Gasteiger partial charge on any atom is -0.0654 e. The maximum atomic E-state index is 6.00. The van der Waals surface area contributed by atoms with Gasteiger partial charge in [-0.1, -0.05) is 33.1 Å². The first kappa shape index (κ1) is 9.65. The fourth-order valence-electron chi connectivity index (χ4n) is 0.354. The minimum absolute atomic E-state index is 1.34. The zero-order chi connectivity index (χ0) is 6.12. The molecule has 2 nitrogen and oxygen atoms in total. The van der Waals surface area contributed by atoms with Crippen LogP contribution < -0.4 is 0 Å². The summed E-state index contributed by atoms with van der Waals surface area (Å²) in [4.78, 5) is 0. The topological polar surface area (TPSA) is 47.6 Å². The van der Waals surface area contributed by atoms with Gasteiger partial charge in [-0.3, -0.25) is 0 Å². The molecule has 0 aromatic rings. The molecular formula is C5H12N2. The molecule has 0 radical (unpaired) electrons. The van der Waals surface area contributed by atoms with Gasteiger partial charge in [-0.15, -0.1) is 0 Å². The molecule has 0 aliphatic rings. The molecule has 0 aliphatic carbocycles. The zero-order valence-electron chi connectivity index (χ0n) is 5.02. The highest BCUT2D eigenvalue weighted by atomic mass is 14.6. The number of hydrogen-bond donors (Lipinski definition) is 0. The normalized spacial score (nSPS) is 6.29. The second kappa shape index (κ2) is 18.1. The SMILES string of the molecule is CCCCC.N#N. The van der Waals surface area contributed by atoms with Crippen molar-refractivity contribution in [2.45, 2.75) is 33.1 Å². The molecule has 0 heterocycles. The molecule has 0 fully saturated rings. The van der Waals surface area contributed by atoms with Crippen LogP contribution in [0.5, 0.6) is 0 Å². The van der Waals surface area contributed by atoms with Crippen molar-refractivity contribution in [2.24, 2.45) is 0 Å². The van der Waals surface area contributed by atoms with Gasteiger partial charge in [0.05, 0.1) is 0 Å². The third kappa shape index (κ3) is 31.4. The van der Waals surface area contributed by atoms with Gasteiger partial charge in [0.2, 0.25) is 0 Å². The second-order valence-corrected chi connectivity index (χ2v) is 1.35. The Morgan fingerprint density at radius 1 is 1.00 bits per heavy atom. The van der Waals surface area contributed by atoms with Crippen LogP contribution in [0.4, 0.5) is 0 Å². The third-order valence-electron chi connectivity index (χ3n) is 0.707. The van der Waals surface area contributed by atoms with Crippen LogP contribution in [0.1, 0.15) is 33.1 Å². The molecule has 2 heteroatoms. The number of hydrogen-bond acceptors (Lipinski definition) is 2. The van der Waals surface area contributed by atoms with Crippen molar-refractivity contribution in [3.63, 3.8) is 0 Å². The molecule has 0 amide bonds. The predicted molar refractivity (Wildman–Crippen MR) is 28.6 cm³/mol. The lowest BCUT2D eigenvalue weighted by Gasteiger charge is -1.79. The summed E-state index contributed by atoms with van der Waals surface area (Å²) in [6.45, 7) is 4.42. The summed E-state index contributed by atoms with van der Waals surface area (Å²) in [5.41, 5.74) is 0. The van der Waals surface area contributed by atoms with Crippen LogP contribution >= 0.6 is 0 Å². The number of rotatable bonds is 2. The molecule has 0 aromatic heterocycles. The van der Waals surface area contributed by atoms with Crippen molar-refractivity contribution in [1.82, 2.24) is 0 Å². The average Bonchev–Trinajstić information content (AvgIpc) is 1.75. The number of unbranched alkanes of at least 4 members (excludes halogenated alkanes) is 2. The van der Waals surface area contributed by atoms with Crippen molar-refractivity contribution < 1.29 is 0 Å². The minimum atomic E-state index is 1.34. The molecule has 0 unspecified atom stereocenters. The van der Waals surface area contributed by atoms with Crippen LogP contribution in [0.25, 0.3) is 0 Å². The monoisotopic (exact) mass is 100 g/mol. The molecular weight excluding hydrogens is 88.1 g/mol. The fraction of sp³-hybridized carbons (Fsp3) is 1.00. The second-order valence-electron chi connectivity index (χ2n) is 1.35. The van der Waals surface area contributed by atoms with Crippen LogP contribution in [0.3, 0.4) is 0 Å². The van der Waals surface area contributed by atoms with E-state index in [9.17, 15) is 0 Å². The van der Waals surface area contributed by atoms with E-state index in [0.29, 0.717) is 0 Å². The molecule has 0 saturated carbocycles. The summed E-state index contributed by atoms with van der Waals surface area (Å²) in [5.74, 6) is 0. The van der Waals surface area contributed by atoms with E-state index in [4.69, 9.17) is 10.8 Å². The quantitative estimate of drug-likeness (QED) is 0.499. The first-order chi connectivity index (χ1) is 3.41. The van der Waals surface area contributed by atoms with E-state index in [1.54, 1.807) is 0 Å². The summed E-state index contributed by atoms with van der Waals surface area (Å²) in [6.07, 6.45) is 4.08. The zero-order valence-corrected chi connectivity index (χ0v) is 5.02. The fourth-order valence-corrected chi connectivity index (χ4v) is 0.354. The van der Waals surface area contributed by atoms with E-state index in [0.717, 1.165) is 0 Å². The van der Waals surface area contributed by atoms with E-state index in [1.165, 1.54) is 19.3 Å². The van der Waals surface area contributed by atoms with Gasteiger partial charge < -0.3 is 0 Å². The van der Waals surface area contributed by atoms with Crippen LogP contribution in [-0.4, -0.2) is 0 Å². The van der Waals surface area contributed by atoms with E-state index < -0.39 is 0 Å². The summed E-state index contributed by atoms with van der Waals surface area (Å²) >= 11 is 0. The molecule has 0 N–H and O–H groups in total.